The predicted octanol–water partition coefficient (Wildman–Crippen LogP) is 0.378. The number of nitrogen functional groups attached to an aromatic ring is 1. The lowest BCUT2D eigenvalue weighted by Gasteiger charge is -2.01. The summed E-state index contributed by atoms with van der Waals surface area (Å²) in [6.07, 6.45) is 3.09. The molecule has 0 bridgehead atoms. The van der Waals surface area contributed by atoms with Crippen LogP contribution in [-0.4, -0.2) is 30.0 Å². The lowest BCUT2D eigenvalue weighted by Crippen LogP contribution is -2.25. The number of aromatic nitrogens is 1. The first-order valence-electron chi connectivity index (χ1n) is 5.72. The summed E-state index contributed by atoms with van der Waals surface area (Å²) in [7, 11) is 0. The Kier molecular flexibility index (Phi) is 3.80. The minimum atomic E-state index is -0.169. The van der Waals surface area contributed by atoms with Crippen LogP contribution in [0.25, 0.3) is 0 Å². The van der Waals surface area contributed by atoms with Gasteiger partial charge in [-0.05, 0) is 25.8 Å². The molecule has 7 heteroatoms. The molecule has 0 saturated heterocycles. The lowest BCUT2D eigenvalue weighted by atomic mass is 10.4. The number of thiazole rings is 1. The molecule has 1 aromatic rings. The summed E-state index contributed by atoms with van der Waals surface area (Å²) < 4.78 is 0. The van der Waals surface area contributed by atoms with Gasteiger partial charge in [-0.3, -0.25) is 4.79 Å². The monoisotopic (exact) mass is 255 g/mol. The van der Waals surface area contributed by atoms with Gasteiger partial charge in [0.1, 0.15) is 10.7 Å². The van der Waals surface area contributed by atoms with Gasteiger partial charge in [-0.2, -0.15) is 0 Å². The standard InChI is InChI=1S/C10H17N5OS/c11-4-1-5-13-9(16)7-8(12)15-10(17-7)14-6-2-3-6/h6H,1-5,11-12H2,(H,13,16)(H,14,15). The minimum absolute atomic E-state index is 0.169. The van der Waals surface area contributed by atoms with Crippen LogP contribution >= 0.6 is 11.3 Å². The molecule has 1 heterocycles. The molecule has 1 aliphatic rings. The number of anilines is 2. The van der Waals surface area contributed by atoms with Gasteiger partial charge in [0.15, 0.2) is 5.13 Å². The lowest BCUT2D eigenvalue weighted by molar-refractivity contribution is 0.0958. The molecule has 94 valence electrons. The van der Waals surface area contributed by atoms with Crippen LogP contribution < -0.4 is 22.1 Å². The smallest absolute Gasteiger partial charge is 0.265 e. The Bertz CT molecular complexity index is 401. The van der Waals surface area contributed by atoms with Crippen molar-refractivity contribution in [2.75, 3.05) is 24.1 Å². The maximum Gasteiger partial charge on any atom is 0.265 e. The molecule has 1 saturated carbocycles. The molecule has 1 aliphatic carbocycles. The highest BCUT2D eigenvalue weighted by atomic mass is 32.1. The summed E-state index contributed by atoms with van der Waals surface area (Å²) >= 11 is 1.30. The predicted molar refractivity (Wildman–Crippen MR) is 69.2 cm³/mol. The minimum Gasteiger partial charge on any atom is -0.382 e. The van der Waals surface area contributed by atoms with Crippen LogP contribution in [-0.2, 0) is 0 Å². The van der Waals surface area contributed by atoms with Crippen molar-refractivity contribution in [1.82, 2.24) is 10.3 Å². The van der Waals surface area contributed by atoms with Crippen LogP contribution in [0, 0.1) is 0 Å². The first-order chi connectivity index (χ1) is 8.20. The normalized spacial score (nSPS) is 14.6. The summed E-state index contributed by atoms with van der Waals surface area (Å²) in [5.41, 5.74) is 11.1. The Morgan fingerprint density at radius 1 is 1.53 bits per heavy atom. The van der Waals surface area contributed by atoms with Crippen LogP contribution in [0.3, 0.4) is 0 Å². The van der Waals surface area contributed by atoms with Gasteiger partial charge in [0.2, 0.25) is 0 Å². The average molecular weight is 255 g/mol. The molecule has 0 atom stereocenters. The van der Waals surface area contributed by atoms with Gasteiger partial charge in [-0.25, -0.2) is 4.98 Å². The summed E-state index contributed by atoms with van der Waals surface area (Å²) in [4.78, 5) is 16.4. The second-order valence-corrected chi connectivity index (χ2v) is 5.05. The second-order valence-electron chi connectivity index (χ2n) is 4.05. The van der Waals surface area contributed by atoms with Gasteiger partial charge < -0.3 is 22.1 Å². The van der Waals surface area contributed by atoms with Crippen LogP contribution in [0.15, 0.2) is 0 Å². The molecule has 0 radical (unpaired) electrons. The topological polar surface area (TPSA) is 106 Å². The van der Waals surface area contributed by atoms with Crippen molar-refractivity contribution in [1.29, 1.82) is 0 Å². The Morgan fingerprint density at radius 3 is 2.94 bits per heavy atom. The molecule has 1 aromatic heterocycles. The maximum absolute atomic E-state index is 11.8. The number of rotatable bonds is 6. The molecule has 0 aliphatic heterocycles. The van der Waals surface area contributed by atoms with Gasteiger partial charge in [0.25, 0.3) is 5.91 Å². The Balaban J connectivity index is 1.93. The van der Waals surface area contributed by atoms with Gasteiger partial charge in [0, 0.05) is 12.6 Å². The zero-order chi connectivity index (χ0) is 12.3. The second kappa shape index (κ2) is 5.33. The number of carbonyl (C=O) groups is 1. The van der Waals surface area contributed by atoms with Crippen molar-refractivity contribution in [3.63, 3.8) is 0 Å². The van der Waals surface area contributed by atoms with E-state index in [1.165, 1.54) is 11.3 Å². The zero-order valence-electron chi connectivity index (χ0n) is 9.53. The SMILES string of the molecule is NCCCNC(=O)c1sc(NC2CC2)nc1N. The highest BCUT2D eigenvalue weighted by molar-refractivity contribution is 7.18. The van der Waals surface area contributed by atoms with Crippen molar-refractivity contribution in [3.05, 3.63) is 4.88 Å². The molecule has 0 spiro atoms. The number of hydrogen-bond acceptors (Lipinski definition) is 6. The van der Waals surface area contributed by atoms with Crippen molar-refractivity contribution in [2.24, 2.45) is 5.73 Å². The van der Waals surface area contributed by atoms with Crippen LogP contribution in [0.5, 0.6) is 0 Å². The molecule has 0 aromatic carbocycles. The van der Waals surface area contributed by atoms with E-state index in [1.54, 1.807) is 0 Å². The van der Waals surface area contributed by atoms with E-state index in [-0.39, 0.29) is 5.91 Å². The Labute approximate surface area is 104 Å². The molecule has 6 nitrogen and oxygen atoms in total. The van der Waals surface area contributed by atoms with Crippen molar-refractivity contribution in [3.8, 4) is 0 Å². The first kappa shape index (κ1) is 12.1. The summed E-state index contributed by atoms with van der Waals surface area (Å²) in [6, 6.07) is 0.508. The van der Waals surface area contributed by atoms with E-state index >= 15 is 0 Å². The Morgan fingerprint density at radius 2 is 2.29 bits per heavy atom. The molecule has 1 amide bonds. The van der Waals surface area contributed by atoms with Crippen LogP contribution in [0.4, 0.5) is 10.9 Å². The molecule has 17 heavy (non-hydrogen) atoms. The highest BCUT2D eigenvalue weighted by Crippen LogP contribution is 2.30. The number of nitrogens with zero attached hydrogens (tertiary/aromatic N) is 1. The molecule has 2 rings (SSSR count). The van der Waals surface area contributed by atoms with Gasteiger partial charge in [-0.15, -0.1) is 0 Å². The third-order valence-electron chi connectivity index (χ3n) is 2.43. The number of hydrogen-bond donors (Lipinski definition) is 4. The summed E-state index contributed by atoms with van der Waals surface area (Å²) in [5.74, 6) is 0.126. The number of nitrogens with one attached hydrogen (secondary N) is 2. The molecular weight excluding hydrogens is 238 g/mol. The molecular formula is C10H17N5OS. The fraction of sp³-hybridized carbons (Fsp3) is 0.600. The molecule has 1 fully saturated rings. The van der Waals surface area contributed by atoms with E-state index in [1.807, 2.05) is 0 Å². The number of amides is 1. The van der Waals surface area contributed by atoms with Crippen LogP contribution in [0.1, 0.15) is 28.9 Å². The van der Waals surface area contributed by atoms with Gasteiger partial charge >= 0.3 is 0 Å². The third-order valence-corrected chi connectivity index (χ3v) is 3.43. The average Bonchev–Trinajstić information content (AvgIpc) is 3.02. The van der Waals surface area contributed by atoms with Gasteiger partial charge in [-0.1, -0.05) is 11.3 Å². The number of nitrogens with two attached hydrogens (primary N) is 2. The molecule has 0 unspecified atom stereocenters. The van der Waals surface area contributed by atoms with E-state index in [4.69, 9.17) is 11.5 Å². The van der Waals surface area contributed by atoms with Crippen LogP contribution in [0.2, 0.25) is 0 Å². The fourth-order valence-corrected chi connectivity index (χ4v) is 2.22. The third kappa shape index (κ3) is 3.31. The Hall–Kier alpha value is -1.34. The van der Waals surface area contributed by atoms with Gasteiger partial charge in [0.05, 0.1) is 0 Å². The quantitative estimate of drug-likeness (QED) is 0.550. The first-order valence-corrected chi connectivity index (χ1v) is 6.53. The number of carbonyl (C=O) groups excluding carboxylic acids is 1. The summed E-state index contributed by atoms with van der Waals surface area (Å²) in [5, 5.41) is 6.72. The highest BCUT2D eigenvalue weighted by Gasteiger charge is 2.24. The summed E-state index contributed by atoms with van der Waals surface area (Å²) in [6.45, 7) is 1.13. The van der Waals surface area contributed by atoms with E-state index < -0.39 is 0 Å². The van der Waals surface area contributed by atoms with Crippen molar-refractivity contribution >= 4 is 28.2 Å². The van der Waals surface area contributed by atoms with Crippen molar-refractivity contribution < 1.29 is 4.79 Å². The fourth-order valence-electron chi connectivity index (χ4n) is 1.34. The van der Waals surface area contributed by atoms with E-state index in [0.29, 0.717) is 29.8 Å². The molecule has 6 N–H and O–H groups in total. The van der Waals surface area contributed by atoms with E-state index in [0.717, 1.165) is 24.4 Å². The zero-order valence-corrected chi connectivity index (χ0v) is 10.3. The van der Waals surface area contributed by atoms with Crippen molar-refractivity contribution in [2.45, 2.75) is 25.3 Å². The van der Waals surface area contributed by atoms with E-state index in [2.05, 4.69) is 15.6 Å². The van der Waals surface area contributed by atoms with E-state index in [9.17, 15) is 4.79 Å². The largest absolute Gasteiger partial charge is 0.382 e. The maximum atomic E-state index is 11.8.